The molecule has 1 aliphatic rings. The Morgan fingerprint density at radius 1 is 1.45 bits per heavy atom. The van der Waals surface area contributed by atoms with E-state index < -0.39 is 0 Å². The maximum Gasteiger partial charge on any atom is 0.201 e. The number of hydrogen-bond donors (Lipinski definition) is 0. The van der Waals surface area contributed by atoms with Crippen molar-refractivity contribution in [2.24, 2.45) is 5.92 Å². The highest BCUT2D eigenvalue weighted by molar-refractivity contribution is 6.39. The minimum absolute atomic E-state index is 0.0717. The van der Waals surface area contributed by atoms with Gasteiger partial charge in [-0.15, -0.1) is 0 Å². The fraction of sp³-hybridized carbons (Fsp3) is 0.778. The molecule has 62 valence electrons. The molecule has 1 saturated carbocycles. The van der Waals surface area contributed by atoms with Crippen molar-refractivity contribution in [3.8, 4) is 0 Å². The van der Waals surface area contributed by atoms with Crippen LogP contribution in [-0.4, -0.2) is 11.6 Å². The molecule has 0 radical (unpaired) electrons. The van der Waals surface area contributed by atoms with Gasteiger partial charge >= 0.3 is 0 Å². The number of carbonyl (C=O) groups excluding carboxylic acids is 2. The molecule has 0 N–H and O–H groups in total. The zero-order valence-corrected chi connectivity index (χ0v) is 6.93. The predicted octanol–water partition coefficient (Wildman–Crippen LogP) is 1.72. The lowest BCUT2D eigenvalue weighted by Gasteiger charge is -2.03. The molecular weight excluding hydrogens is 140 g/mol. The molecule has 0 amide bonds. The SMILES string of the molecule is CCCCC1CCC(=O)C1=O. The van der Waals surface area contributed by atoms with Crippen molar-refractivity contribution in [1.82, 2.24) is 0 Å². The van der Waals surface area contributed by atoms with Crippen LogP contribution < -0.4 is 0 Å². The maximum absolute atomic E-state index is 11.1. The molecule has 0 aromatic carbocycles. The highest BCUT2D eigenvalue weighted by Crippen LogP contribution is 2.23. The average Bonchev–Trinajstić information content (AvgIpc) is 2.31. The van der Waals surface area contributed by atoms with Gasteiger partial charge in [0.15, 0.2) is 5.78 Å². The van der Waals surface area contributed by atoms with Crippen LogP contribution in [0.1, 0.15) is 39.0 Å². The van der Waals surface area contributed by atoms with Crippen molar-refractivity contribution in [3.63, 3.8) is 0 Å². The summed E-state index contributed by atoms with van der Waals surface area (Å²) < 4.78 is 0. The number of rotatable bonds is 3. The molecule has 0 bridgehead atoms. The van der Waals surface area contributed by atoms with Crippen LogP contribution in [0, 0.1) is 5.92 Å². The van der Waals surface area contributed by atoms with E-state index in [4.69, 9.17) is 0 Å². The van der Waals surface area contributed by atoms with Crippen molar-refractivity contribution in [1.29, 1.82) is 0 Å². The summed E-state index contributed by atoms with van der Waals surface area (Å²) in [5.41, 5.74) is 0. The van der Waals surface area contributed by atoms with E-state index in [1.54, 1.807) is 0 Å². The highest BCUT2D eigenvalue weighted by atomic mass is 16.2. The molecule has 1 fully saturated rings. The molecule has 0 saturated heterocycles. The molecule has 0 aromatic heterocycles. The van der Waals surface area contributed by atoms with E-state index in [1.807, 2.05) is 0 Å². The molecule has 1 unspecified atom stereocenters. The van der Waals surface area contributed by atoms with E-state index in [2.05, 4.69) is 6.92 Å². The van der Waals surface area contributed by atoms with E-state index in [0.29, 0.717) is 6.42 Å². The van der Waals surface area contributed by atoms with Gasteiger partial charge in [0.25, 0.3) is 0 Å². The van der Waals surface area contributed by atoms with Crippen LogP contribution in [0.4, 0.5) is 0 Å². The third-order valence-electron chi connectivity index (χ3n) is 2.27. The van der Waals surface area contributed by atoms with Gasteiger partial charge in [-0.3, -0.25) is 9.59 Å². The van der Waals surface area contributed by atoms with Crippen LogP contribution in [0.2, 0.25) is 0 Å². The molecule has 0 spiro atoms. The first-order chi connectivity index (χ1) is 5.25. The number of ketones is 2. The zero-order valence-electron chi connectivity index (χ0n) is 6.93. The lowest BCUT2D eigenvalue weighted by atomic mass is 10.00. The fourth-order valence-electron chi connectivity index (χ4n) is 1.51. The number of carbonyl (C=O) groups is 2. The molecule has 1 rings (SSSR count). The van der Waals surface area contributed by atoms with Crippen LogP contribution in [0.5, 0.6) is 0 Å². The normalized spacial score (nSPS) is 24.6. The maximum atomic E-state index is 11.1. The first-order valence-corrected chi connectivity index (χ1v) is 4.32. The minimum atomic E-state index is -0.147. The first-order valence-electron chi connectivity index (χ1n) is 4.32. The first kappa shape index (κ1) is 8.44. The van der Waals surface area contributed by atoms with Gasteiger partial charge in [0.1, 0.15) is 0 Å². The predicted molar refractivity (Wildman–Crippen MR) is 42.3 cm³/mol. The van der Waals surface area contributed by atoms with Crippen molar-refractivity contribution in [3.05, 3.63) is 0 Å². The molecule has 2 nitrogen and oxygen atoms in total. The van der Waals surface area contributed by atoms with Gasteiger partial charge in [0, 0.05) is 12.3 Å². The number of unbranched alkanes of at least 4 members (excludes halogenated alkanes) is 1. The smallest absolute Gasteiger partial charge is 0.201 e. The summed E-state index contributed by atoms with van der Waals surface area (Å²) >= 11 is 0. The summed E-state index contributed by atoms with van der Waals surface area (Å²) in [6, 6.07) is 0. The highest BCUT2D eigenvalue weighted by Gasteiger charge is 2.31. The van der Waals surface area contributed by atoms with Crippen molar-refractivity contribution in [2.45, 2.75) is 39.0 Å². The van der Waals surface area contributed by atoms with Crippen LogP contribution in [-0.2, 0) is 9.59 Å². The average molecular weight is 154 g/mol. The molecular formula is C9H14O2. The molecule has 1 aliphatic carbocycles. The molecule has 0 aliphatic heterocycles. The standard InChI is InChI=1S/C9H14O2/c1-2-3-4-7-5-6-8(10)9(7)11/h7H,2-6H2,1H3. The van der Waals surface area contributed by atoms with Gasteiger partial charge in [-0.05, 0) is 12.8 Å². The van der Waals surface area contributed by atoms with E-state index in [0.717, 1.165) is 25.7 Å². The molecule has 1 atom stereocenters. The lowest BCUT2D eigenvalue weighted by Crippen LogP contribution is -2.12. The largest absolute Gasteiger partial charge is 0.291 e. The second-order valence-corrected chi connectivity index (χ2v) is 3.17. The molecule has 2 heteroatoms. The van der Waals surface area contributed by atoms with Crippen molar-refractivity contribution in [2.75, 3.05) is 0 Å². The van der Waals surface area contributed by atoms with E-state index >= 15 is 0 Å². The Morgan fingerprint density at radius 2 is 2.18 bits per heavy atom. The van der Waals surface area contributed by atoms with Crippen molar-refractivity contribution >= 4 is 11.6 Å². The third kappa shape index (κ3) is 1.88. The summed E-state index contributed by atoms with van der Waals surface area (Å²) in [7, 11) is 0. The summed E-state index contributed by atoms with van der Waals surface area (Å²) in [5.74, 6) is -0.188. The summed E-state index contributed by atoms with van der Waals surface area (Å²) in [6.45, 7) is 2.10. The zero-order chi connectivity index (χ0) is 8.27. The molecule has 0 heterocycles. The van der Waals surface area contributed by atoms with E-state index in [9.17, 15) is 9.59 Å². The summed E-state index contributed by atoms with van der Waals surface area (Å²) in [4.78, 5) is 21.9. The van der Waals surface area contributed by atoms with Gasteiger partial charge in [-0.1, -0.05) is 19.8 Å². The summed E-state index contributed by atoms with van der Waals surface area (Å²) in [6.07, 6.45) is 4.40. The topological polar surface area (TPSA) is 34.1 Å². The van der Waals surface area contributed by atoms with Gasteiger partial charge in [-0.25, -0.2) is 0 Å². The Balaban J connectivity index is 2.36. The molecule has 0 aromatic rings. The van der Waals surface area contributed by atoms with Crippen LogP contribution in [0.15, 0.2) is 0 Å². The Hall–Kier alpha value is -0.660. The Morgan fingerprint density at radius 3 is 2.64 bits per heavy atom. The fourth-order valence-corrected chi connectivity index (χ4v) is 1.51. The van der Waals surface area contributed by atoms with Gasteiger partial charge < -0.3 is 0 Å². The number of hydrogen-bond acceptors (Lipinski definition) is 2. The Bertz CT molecular complexity index is 172. The minimum Gasteiger partial charge on any atom is -0.291 e. The molecule has 11 heavy (non-hydrogen) atoms. The lowest BCUT2D eigenvalue weighted by molar-refractivity contribution is -0.135. The second kappa shape index (κ2) is 3.65. The Labute approximate surface area is 67.0 Å². The quantitative estimate of drug-likeness (QED) is 0.580. The van der Waals surface area contributed by atoms with Crippen LogP contribution in [0.25, 0.3) is 0 Å². The van der Waals surface area contributed by atoms with Crippen LogP contribution in [0.3, 0.4) is 0 Å². The Kier molecular flexibility index (Phi) is 2.80. The summed E-state index contributed by atoms with van der Waals surface area (Å²) in [5, 5.41) is 0. The second-order valence-electron chi connectivity index (χ2n) is 3.17. The van der Waals surface area contributed by atoms with Gasteiger partial charge in [-0.2, -0.15) is 0 Å². The van der Waals surface area contributed by atoms with Gasteiger partial charge in [0.2, 0.25) is 5.78 Å². The monoisotopic (exact) mass is 154 g/mol. The van der Waals surface area contributed by atoms with Crippen molar-refractivity contribution < 1.29 is 9.59 Å². The van der Waals surface area contributed by atoms with Gasteiger partial charge in [0.05, 0.1) is 0 Å². The van der Waals surface area contributed by atoms with E-state index in [-0.39, 0.29) is 17.5 Å². The van der Waals surface area contributed by atoms with Crippen LogP contribution >= 0.6 is 0 Å². The van der Waals surface area contributed by atoms with E-state index in [1.165, 1.54) is 0 Å². The third-order valence-corrected chi connectivity index (χ3v) is 2.27. The number of Topliss-reactive ketones (excluding diaryl/α,β-unsaturated/α-hetero) is 2.